The summed E-state index contributed by atoms with van der Waals surface area (Å²) in [6.07, 6.45) is 8.07. The summed E-state index contributed by atoms with van der Waals surface area (Å²) in [5.41, 5.74) is 6.01. The van der Waals surface area contributed by atoms with E-state index in [1.54, 1.807) is 0 Å². The Morgan fingerprint density at radius 2 is 2.00 bits per heavy atom. The largest absolute Gasteiger partial charge is 0.338 e. The van der Waals surface area contributed by atoms with E-state index in [9.17, 15) is 0 Å². The Kier molecular flexibility index (Phi) is 4.56. The van der Waals surface area contributed by atoms with Crippen LogP contribution in [0, 0.1) is 0 Å². The third kappa shape index (κ3) is 2.68. The van der Waals surface area contributed by atoms with Crippen LogP contribution in [0.4, 0.5) is 0 Å². The van der Waals surface area contributed by atoms with Crippen molar-refractivity contribution in [2.75, 3.05) is 5.75 Å². The molecule has 2 N–H and O–H groups in total. The highest BCUT2D eigenvalue weighted by molar-refractivity contribution is 7.99. The molecule has 0 spiro atoms. The molecule has 2 heterocycles. The minimum absolute atomic E-state index is 0. The summed E-state index contributed by atoms with van der Waals surface area (Å²) in [5.74, 6) is 2.73. The molecule has 1 aliphatic heterocycles. The van der Waals surface area contributed by atoms with E-state index in [0.717, 1.165) is 31.0 Å². The molecule has 4 nitrogen and oxygen atoms in total. The third-order valence-electron chi connectivity index (χ3n) is 3.84. The van der Waals surface area contributed by atoms with E-state index in [1.165, 1.54) is 31.4 Å². The van der Waals surface area contributed by atoms with Crippen molar-refractivity contribution >= 4 is 24.2 Å². The fourth-order valence-corrected chi connectivity index (χ4v) is 3.96. The van der Waals surface area contributed by atoms with Gasteiger partial charge in [0.15, 0.2) is 5.82 Å². The molecule has 3 rings (SSSR count). The first-order valence-electron chi connectivity index (χ1n) is 6.52. The molecule has 0 aromatic carbocycles. The van der Waals surface area contributed by atoms with Gasteiger partial charge in [0, 0.05) is 0 Å². The molecule has 0 bridgehead atoms. The SMILES string of the molecule is Cl.NC1(c2noc(C3CCCCS3)n2)CCCC1. The number of nitrogens with two attached hydrogens (primary N) is 1. The maximum Gasteiger partial charge on any atom is 0.239 e. The number of thioether (sulfide) groups is 1. The first-order chi connectivity index (χ1) is 8.28. The molecule has 0 amide bonds. The zero-order chi connectivity index (χ0) is 11.7. The molecule has 1 saturated heterocycles. The molecule has 1 aliphatic carbocycles. The van der Waals surface area contributed by atoms with Crippen molar-refractivity contribution in [1.29, 1.82) is 0 Å². The van der Waals surface area contributed by atoms with Crippen molar-refractivity contribution in [2.24, 2.45) is 5.73 Å². The van der Waals surface area contributed by atoms with Crippen molar-refractivity contribution in [2.45, 2.75) is 55.7 Å². The Labute approximate surface area is 118 Å². The van der Waals surface area contributed by atoms with Crippen LogP contribution in [0.2, 0.25) is 0 Å². The summed E-state index contributed by atoms with van der Waals surface area (Å²) < 4.78 is 5.42. The summed E-state index contributed by atoms with van der Waals surface area (Å²) in [6, 6.07) is 0. The van der Waals surface area contributed by atoms with Gasteiger partial charge in [-0.25, -0.2) is 0 Å². The van der Waals surface area contributed by atoms with Crippen LogP contribution in [-0.4, -0.2) is 15.9 Å². The first kappa shape index (κ1) is 14.2. The Bertz CT molecular complexity index is 386. The first-order valence-corrected chi connectivity index (χ1v) is 7.57. The predicted molar refractivity (Wildman–Crippen MR) is 74.9 cm³/mol. The summed E-state index contributed by atoms with van der Waals surface area (Å²) in [6.45, 7) is 0. The van der Waals surface area contributed by atoms with Gasteiger partial charge in [-0.1, -0.05) is 24.4 Å². The predicted octanol–water partition coefficient (Wildman–Crippen LogP) is 3.18. The lowest BCUT2D eigenvalue weighted by atomic mass is 9.99. The van der Waals surface area contributed by atoms with Crippen LogP contribution >= 0.6 is 24.2 Å². The topological polar surface area (TPSA) is 64.9 Å². The molecule has 18 heavy (non-hydrogen) atoms. The number of rotatable bonds is 2. The van der Waals surface area contributed by atoms with Gasteiger partial charge in [-0.2, -0.15) is 4.98 Å². The second kappa shape index (κ2) is 5.80. The van der Waals surface area contributed by atoms with Gasteiger partial charge in [0.2, 0.25) is 5.89 Å². The highest BCUT2D eigenvalue weighted by atomic mass is 35.5. The van der Waals surface area contributed by atoms with Gasteiger partial charge in [0.05, 0.1) is 10.8 Å². The molecule has 1 aromatic rings. The Morgan fingerprint density at radius 1 is 1.22 bits per heavy atom. The van der Waals surface area contributed by atoms with Crippen LogP contribution in [0.5, 0.6) is 0 Å². The van der Waals surface area contributed by atoms with E-state index >= 15 is 0 Å². The van der Waals surface area contributed by atoms with Crippen LogP contribution in [0.3, 0.4) is 0 Å². The van der Waals surface area contributed by atoms with E-state index in [1.807, 2.05) is 11.8 Å². The second-order valence-corrected chi connectivity index (χ2v) is 6.49. The van der Waals surface area contributed by atoms with E-state index < -0.39 is 0 Å². The Balaban J connectivity index is 0.00000120. The average Bonchev–Trinajstić information content (AvgIpc) is 2.99. The number of hydrogen-bond donors (Lipinski definition) is 1. The van der Waals surface area contributed by atoms with Crippen LogP contribution in [0.15, 0.2) is 4.52 Å². The minimum Gasteiger partial charge on any atom is -0.338 e. The fourth-order valence-electron chi connectivity index (χ4n) is 2.73. The number of hydrogen-bond acceptors (Lipinski definition) is 5. The van der Waals surface area contributed by atoms with Gasteiger partial charge in [-0.15, -0.1) is 24.2 Å². The monoisotopic (exact) mass is 289 g/mol. The van der Waals surface area contributed by atoms with E-state index in [2.05, 4.69) is 10.1 Å². The molecule has 1 aromatic heterocycles. The Morgan fingerprint density at radius 3 is 2.67 bits per heavy atom. The van der Waals surface area contributed by atoms with Gasteiger partial charge in [-0.05, 0) is 31.4 Å². The summed E-state index contributed by atoms with van der Waals surface area (Å²) in [4.78, 5) is 4.56. The number of aromatic nitrogens is 2. The summed E-state index contributed by atoms with van der Waals surface area (Å²) in [5, 5.41) is 4.52. The van der Waals surface area contributed by atoms with Crippen molar-refractivity contribution in [3.63, 3.8) is 0 Å². The highest BCUT2D eigenvalue weighted by Gasteiger charge is 2.36. The zero-order valence-corrected chi connectivity index (χ0v) is 12.1. The van der Waals surface area contributed by atoms with Gasteiger partial charge in [-0.3, -0.25) is 0 Å². The van der Waals surface area contributed by atoms with Crippen LogP contribution in [0.1, 0.15) is 61.9 Å². The van der Waals surface area contributed by atoms with Crippen molar-refractivity contribution < 1.29 is 4.52 Å². The lowest BCUT2D eigenvalue weighted by molar-refractivity contribution is 0.344. The van der Waals surface area contributed by atoms with Crippen LogP contribution in [-0.2, 0) is 5.54 Å². The van der Waals surface area contributed by atoms with Crippen molar-refractivity contribution in [3.05, 3.63) is 11.7 Å². The normalized spacial score (nSPS) is 26.8. The maximum atomic E-state index is 6.33. The van der Waals surface area contributed by atoms with E-state index in [-0.39, 0.29) is 17.9 Å². The zero-order valence-electron chi connectivity index (χ0n) is 10.4. The molecular formula is C12H20ClN3OS. The standard InChI is InChI=1S/C12H19N3OS.ClH/c13-12(6-2-3-7-12)11-14-10(16-15-11)9-5-1-4-8-17-9;/h9H,1-8,13H2;1H. The third-order valence-corrected chi connectivity index (χ3v) is 5.20. The quantitative estimate of drug-likeness (QED) is 0.906. The molecular weight excluding hydrogens is 270 g/mol. The molecule has 1 unspecified atom stereocenters. The number of nitrogens with zero attached hydrogens (tertiary/aromatic N) is 2. The molecule has 0 radical (unpaired) electrons. The van der Waals surface area contributed by atoms with Gasteiger partial charge in [0.25, 0.3) is 0 Å². The molecule has 1 saturated carbocycles. The van der Waals surface area contributed by atoms with Gasteiger partial charge in [0.1, 0.15) is 0 Å². The Hall–Kier alpha value is -0.260. The highest BCUT2D eigenvalue weighted by Crippen LogP contribution is 2.39. The van der Waals surface area contributed by atoms with E-state index in [4.69, 9.17) is 10.3 Å². The maximum absolute atomic E-state index is 6.33. The molecule has 1 atom stereocenters. The van der Waals surface area contributed by atoms with Gasteiger partial charge < -0.3 is 10.3 Å². The van der Waals surface area contributed by atoms with E-state index in [0.29, 0.717) is 5.25 Å². The van der Waals surface area contributed by atoms with Gasteiger partial charge >= 0.3 is 0 Å². The minimum atomic E-state index is -0.318. The van der Waals surface area contributed by atoms with Crippen molar-refractivity contribution in [1.82, 2.24) is 10.1 Å². The lowest BCUT2D eigenvalue weighted by Gasteiger charge is -2.19. The van der Waals surface area contributed by atoms with Crippen LogP contribution < -0.4 is 5.73 Å². The van der Waals surface area contributed by atoms with Crippen LogP contribution in [0.25, 0.3) is 0 Å². The summed E-state index contributed by atoms with van der Waals surface area (Å²) >= 11 is 1.93. The molecule has 6 heteroatoms. The fraction of sp³-hybridized carbons (Fsp3) is 0.833. The lowest BCUT2D eigenvalue weighted by Crippen LogP contribution is -2.34. The molecule has 102 valence electrons. The second-order valence-electron chi connectivity index (χ2n) is 5.17. The number of halogens is 1. The molecule has 2 aliphatic rings. The summed E-state index contributed by atoms with van der Waals surface area (Å²) in [7, 11) is 0. The van der Waals surface area contributed by atoms with Crippen molar-refractivity contribution in [3.8, 4) is 0 Å². The smallest absolute Gasteiger partial charge is 0.239 e. The molecule has 2 fully saturated rings. The average molecular weight is 290 g/mol.